The van der Waals surface area contributed by atoms with Crippen molar-refractivity contribution in [2.75, 3.05) is 19.7 Å². The fraction of sp³-hybridized carbons (Fsp3) is 0.321. The lowest BCUT2D eigenvalue weighted by Gasteiger charge is -2.30. The average molecular weight is 457 g/mol. The standard InChI is InChI=1S/C28H28N2O4/c1-18-12-14-30(15-13-18)25(32)17-34-28(33)26-22-4-2-3-5-24(22)29-27-20(8-11-23(26)27)16-19-6-9-21(31)10-7-19/h2-7,9-10,16,18,31H,8,11-15,17H2,1H3/b20-16-. The van der Waals surface area contributed by atoms with Crippen LogP contribution in [0.25, 0.3) is 22.6 Å². The fourth-order valence-corrected chi connectivity index (χ4v) is 4.83. The zero-order chi connectivity index (χ0) is 23.7. The number of aromatic nitrogens is 1. The molecule has 1 aliphatic heterocycles. The first-order valence-corrected chi connectivity index (χ1v) is 11.9. The van der Waals surface area contributed by atoms with Crippen molar-refractivity contribution in [3.63, 3.8) is 0 Å². The highest BCUT2D eigenvalue weighted by Crippen LogP contribution is 2.38. The lowest BCUT2D eigenvalue weighted by Crippen LogP contribution is -2.40. The van der Waals surface area contributed by atoms with E-state index in [4.69, 9.17) is 9.72 Å². The predicted molar refractivity (Wildman–Crippen MR) is 131 cm³/mol. The van der Waals surface area contributed by atoms with Gasteiger partial charge in [0, 0.05) is 18.5 Å². The maximum absolute atomic E-state index is 13.3. The molecular weight excluding hydrogens is 428 g/mol. The van der Waals surface area contributed by atoms with E-state index in [2.05, 4.69) is 6.92 Å². The van der Waals surface area contributed by atoms with E-state index in [0.717, 1.165) is 65.6 Å². The number of rotatable bonds is 4. The highest BCUT2D eigenvalue weighted by atomic mass is 16.5. The number of likely N-dealkylation sites (tertiary alicyclic amines) is 1. The van der Waals surface area contributed by atoms with Crippen LogP contribution in [0.4, 0.5) is 0 Å². The summed E-state index contributed by atoms with van der Waals surface area (Å²) in [6.07, 6.45) is 5.45. The van der Waals surface area contributed by atoms with Crippen molar-refractivity contribution in [3.05, 3.63) is 70.9 Å². The lowest BCUT2D eigenvalue weighted by atomic mass is 9.99. The van der Waals surface area contributed by atoms with Crippen LogP contribution in [0.5, 0.6) is 5.75 Å². The van der Waals surface area contributed by atoms with Crippen LogP contribution in [0.3, 0.4) is 0 Å². The molecule has 0 saturated carbocycles. The van der Waals surface area contributed by atoms with Crippen LogP contribution < -0.4 is 0 Å². The molecule has 3 aromatic rings. The van der Waals surface area contributed by atoms with Gasteiger partial charge in [0.15, 0.2) is 6.61 Å². The Hall–Kier alpha value is -3.67. The maximum atomic E-state index is 13.3. The van der Waals surface area contributed by atoms with Crippen molar-refractivity contribution in [2.24, 2.45) is 5.92 Å². The van der Waals surface area contributed by atoms with E-state index in [1.807, 2.05) is 42.5 Å². The van der Waals surface area contributed by atoms with Gasteiger partial charge in [-0.1, -0.05) is 37.3 Å². The van der Waals surface area contributed by atoms with Crippen molar-refractivity contribution in [1.29, 1.82) is 0 Å². The molecule has 0 atom stereocenters. The van der Waals surface area contributed by atoms with Gasteiger partial charge >= 0.3 is 5.97 Å². The van der Waals surface area contributed by atoms with Crippen LogP contribution in [0.2, 0.25) is 0 Å². The number of aromatic hydroxyl groups is 1. The highest BCUT2D eigenvalue weighted by molar-refractivity contribution is 6.07. The van der Waals surface area contributed by atoms with Gasteiger partial charge in [-0.3, -0.25) is 4.79 Å². The molecule has 6 nitrogen and oxygen atoms in total. The summed E-state index contributed by atoms with van der Waals surface area (Å²) in [5.74, 6) is 0.237. The lowest BCUT2D eigenvalue weighted by molar-refractivity contribution is -0.135. The van der Waals surface area contributed by atoms with Crippen LogP contribution in [0.15, 0.2) is 48.5 Å². The van der Waals surface area contributed by atoms with Gasteiger partial charge in [0.05, 0.1) is 16.8 Å². The third kappa shape index (κ3) is 4.40. The summed E-state index contributed by atoms with van der Waals surface area (Å²) in [4.78, 5) is 32.6. The molecule has 1 amide bonds. The Balaban J connectivity index is 1.44. The second-order valence-corrected chi connectivity index (χ2v) is 9.23. The monoisotopic (exact) mass is 456 g/mol. The molecule has 1 aliphatic carbocycles. The van der Waals surface area contributed by atoms with E-state index in [-0.39, 0.29) is 18.3 Å². The zero-order valence-corrected chi connectivity index (χ0v) is 19.3. The number of phenols is 1. The zero-order valence-electron chi connectivity index (χ0n) is 19.3. The maximum Gasteiger partial charge on any atom is 0.339 e. The van der Waals surface area contributed by atoms with Gasteiger partial charge in [0.25, 0.3) is 5.91 Å². The summed E-state index contributed by atoms with van der Waals surface area (Å²) >= 11 is 0. The Bertz CT molecular complexity index is 1270. The normalized spacial score (nSPS) is 17.2. The predicted octanol–water partition coefficient (Wildman–Crippen LogP) is 4.84. The summed E-state index contributed by atoms with van der Waals surface area (Å²) in [6.45, 7) is 3.39. The number of para-hydroxylation sites is 1. The number of pyridine rings is 1. The molecule has 1 saturated heterocycles. The van der Waals surface area contributed by atoms with E-state index in [9.17, 15) is 14.7 Å². The SMILES string of the molecule is CC1CCN(C(=O)COC(=O)c2c3c(nc4ccccc24)/C(=C\c2ccc(O)cc2)CC3)CC1. The molecule has 6 heteroatoms. The Morgan fingerprint density at radius 1 is 1.09 bits per heavy atom. The van der Waals surface area contributed by atoms with Gasteiger partial charge in [-0.05, 0) is 72.6 Å². The summed E-state index contributed by atoms with van der Waals surface area (Å²) < 4.78 is 5.56. The molecule has 0 unspecified atom stereocenters. The molecule has 174 valence electrons. The minimum Gasteiger partial charge on any atom is -0.508 e. The van der Waals surface area contributed by atoms with Gasteiger partial charge in [0.2, 0.25) is 0 Å². The number of hydrogen-bond donors (Lipinski definition) is 1. The number of phenolic OH excluding ortho intramolecular Hbond substituents is 1. The van der Waals surface area contributed by atoms with Crippen molar-refractivity contribution in [1.82, 2.24) is 9.88 Å². The van der Waals surface area contributed by atoms with E-state index in [1.54, 1.807) is 17.0 Å². The summed E-state index contributed by atoms with van der Waals surface area (Å²) in [5, 5.41) is 10.3. The van der Waals surface area contributed by atoms with Crippen molar-refractivity contribution < 1.29 is 19.4 Å². The molecule has 2 aliphatic rings. The third-order valence-electron chi connectivity index (χ3n) is 6.84. The minimum absolute atomic E-state index is 0.136. The number of hydrogen-bond acceptors (Lipinski definition) is 5. The summed E-state index contributed by atoms with van der Waals surface area (Å²) in [6, 6.07) is 14.6. The van der Waals surface area contributed by atoms with Gasteiger partial charge in [0.1, 0.15) is 5.75 Å². The van der Waals surface area contributed by atoms with E-state index in [1.165, 1.54) is 0 Å². The molecule has 0 radical (unpaired) electrons. The van der Waals surface area contributed by atoms with Gasteiger partial charge in [-0.2, -0.15) is 0 Å². The largest absolute Gasteiger partial charge is 0.508 e. The number of carbonyl (C=O) groups is 2. The van der Waals surface area contributed by atoms with Crippen LogP contribution in [-0.4, -0.2) is 46.6 Å². The van der Waals surface area contributed by atoms with Crippen molar-refractivity contribution in [3.8, 4) is 5.75 Å². The van der Waals surface area contributed by atoms with Gasteiger partial charge in [-0.25, -0.2) is 9.78 Å². The number of amides is 1. The number of esters is 1. The Morgan fingerprint density at radius 2 is 1.82 bits per heavy atom. The molecular formula is C28H28N2O4. The van der Waals surface area contributed by atoms with Crippen molar-refractivity contribution >= 4 is 34.4 Å². The van der Waals surface area contributed by atoms with Crippen LogP contribution in [-0.2, 0) is 16.0 Å². The number of piperidine rings is 1. The topological polar surface area (TPSA) is 79.7 Å². The molecule has 1 aromatic heterocycles. The number of ether oxygens (including phenoxy) is 1. The van der Waals surface area contributed by atoms with Gasteiger partial charge in [-0.15, -0.1) is 0 Å². The minimum atomic E-state index is -0.473. The second kappa shape index (κ2) is 9.29. The Morgan fingerprint density at radius 3 is 2.59 bits per heavy atom. The molecule has 2 aromatic carbocycles. The average Bonchev–Trinajstić information content (AvgIpc) is 3.24. The molecule has 1 N–H and O–H groups in total. The molecule has 0 bridgehead atoms. The van der Waals surface area contributed by atoms with E-state index in [0.29, 0.717) is 17.9 Å². The molecule has 0 spiro atoms. The summed E-state index contributed by atoms with van der Waals surface area (Å²) in [7, 11) is 0. The van der Waals surface area contributed by atoms with E-state index < -0.39 is 5.97 Å². The van der Waals surface area contributed by atoms with Crippen molar-refractivity contribution in [2.45, 2.75) is 32.6 Å². The second-order valence-electron chi connectivity index (χ2n) is 9.23. The number of allylic oxidation sites excluding steroid dienone is 1. The van der Waals surface area contributed by atoms with Crippen LogP contribution >= 0.6 is 0 Å². The number of benzene rings is 2. The first-order chi connectivity index (χ1) is 16.5. The van der Waals surface area contributed by atoms with Crippen LogP contribution in [0, 0.1) is 5.92 Å². The third-order valence-corrected chi connectivity index (χ3v) is 6.84. The smallest absolute Gasteiger partial charge is 0.339 e. The molecule has 1 fully saturated rings. The Kier molecular flexibility index (Phi) is 6.05. The van der Waals surface area contributed by atoms with Gasteiger partial charge < -0.3 is 14.7 Å². The molecule has 5 rings (SSSR count). The number of nitrogens with zero attached hydrogens (tertiary/aromatic N) is 2. The van der Waals surface area contributed by atoms with E-state index >= 15 is 0 Å². The fourth-order valence-electron chi connectivity index (χ4n) is 4.83. The quantitative estimate of drug-likeness (QED) is 0.568. The first kappa shape index (κ1) is 22.1. The van der Waals surface area contributed by atoms with Crippen LogP contribution in [0.1, 0.15) is 53.4 Å². The Labute approximate surface area is 198 Å². The molecule has 34 heavy (non-hydrogen) atoms. The highest BCUT2D eigenvalue weighted by Gasteiger charge is 2.28. The first-order valence-electron chi connectivity index (χ1n) is 11.9. The molecule has 2 heterocycles. The number of fused-ring (bicyclic) bond motifs is 2. The number of carbonyl (C=O) groups excluding carboxylic acids is 2. The summed E-state index contributed by atoms with van der Waals surface area (Å²) in [5.41, 5.74) is 4.90.